The van der Waals surface area contributed by atoms with Gasteiger partial charge in [0.25, 0.3) is 0 Å². The summed E-state index contributed by atoms with van der Waals surface area (Å²) in [6.07, 6.45) is 0. The van der Waals surface area contributed by atoms with Gasteiger partial charge in [-0.25, -0.2) is 9.97 Å². The first-order valence-corrected chi connectivity index (χ1v) is 36.0. The van der Waals surface area contributed by atoms with Gasteiger partial charge in [0, 0.05) is 98.2 Å². The summed E-state index contributed by atoms with van der Waals surface area (Å²) < 4.78 is 25.9. The van der Waals surface area contributed by atoms with Crippen LogP contribution in [0.3, 0.4) is 0 Å². The Bertz CT molecular complexity index is 7680. The molecule has 0 aliphatic heterocycles. The Hall–Kier alpha value is -14.3. The Labute approximate surface area is 605 Å². The fourth-order valence-corrected chi connectivity index (χ4v) is 17.1. The van der Waals surface area contributed by atoms with Crippen LogP contribution in [-0.4, -0.2) is 23.7 Å². The van der Waals surface area contributed by atoms with Gasteiger partial charge in [0.15, 0.2) is 5.82 Å². The van der Waals surface area contributed by atoms with Crippen molar-refractivity contribution >= 4 is 142 Å². The standard InChI is InChI=1S/C98H57N5O3/c1-7-28-85-71(22-1)77-51-60(63-38-45-94-80(54-63)74-25-4-10-31-91(74)104-94)35-42-88(77)101(85)68-19-13-16-58(48-68)59-34-41-84-83(57-59)97(66-17-14-20-69(49-66)102-86-29-8-2-23-72(86)78-52-61(36-43-89(78)102)64-39-46-95-81(55-64)75-26-5-11-32-92(75)105-95)100-98(99-84)67-18-15-21-70(50-67)103-87-30-9-3-24-73(87)79-53-62(37-44-90(79)103)65-40-47-96-82(56-65)76-27-6-12-33-93(76)106-96/h1-57H. The van der Waals surface area contributed by atoms with E-state index in [9.17, 15) is 0 Å². The van der Waals surface area contributed by atoms with Crippen molar-refractivity contribution in [1.29, 1.82) is 0 Å². The number of nitrogens with zero attached hydrogens (tertiary/aromatic N) is 5. The topological polar surface area (TPSA) is 80.0 Å². The highest BCUT2D eigenvalue weighted by atomic mass is 16.3. The second kappa shape index (κ2) is 22.6. The molecule has 0 spiro atoms. The largest absolute Gasteiger partial charge is 0.456 e. The van der Waals surface area contributed by atoms with Crippen LogP contribution in [0.4, 0.5) is 0 Å². The first kappa shape index (κ1) is 58.3. The van der Waals surface area contributed by atoms with Gasteiger partial charge < -0.3 is 27.0 Å². The Morgan fingerprint density at radius 2 is 0.472 bits per heavy atom. The maximum Gasteiger partial charge on any atom is 0.160 e. The van der Waals surface area contributed by atoms with Crippen molar-refractivity contribution in [2.75, 3.05) is 0 Å². The van der Waals surface area contributed by atoms with Crippen molar-refractivity contribution in [3.63, 3.8) is 0 Å². The van der Waals surface area contributed by atoms with Gasteiger partial charge >= 0.3 is 0 Å². The van der Waals surface area contributed by atoms with Gasteiger partial charge in [-0.3, -0.25) is 0 Å². The molecule has 0 atom stereocenters. The molecule has 8 nitrogen and oxygen atoms in total. The summed E-state index contributed by atoms with van der Waals surface area (Å²) >= 11 is 0. The Balaban J connectivity index is 0.665. The van der Waals surface area contributed by atoms with Crippen LogP contribution >= 0.6 is 0 Å². The van der Waals surface area contributed by atoms with Crippen LogP contribution in [0.25, 0.3) is 226 Å². The summed E-state index contributed by atoms with van der Waals surface area (Å²) in [5.74, 6) is 0.630. The molecular formula is C98H57N5O3. The molecule has 0 bridgehead atoms. The van der Waals surface area contributed by atoms with Crippen molar-refractivity contribution in [3.05, 3.63) is 346 Å². The van der Waals surface area contributed by atoms with Crippen LogP contribution in [0.15, 0.2) is 359 Å². The predicted octanol–water partition coefficient (Wildman–Crippen LogP) is 26.6. The number of hydrogen-bond acceptors (Lipinski definition) is 5. The number of rotatable bonds is 9. The molecule has 7 heterocycles. The normalized spacial score (nSPS) is 12.2. The zero-order chi connectivity index (χ0) is 69.2. The maximum absolute atomic E-state index is 6.27. The van der Waals surface area contributed by atoms with E-state index in [4.69, 9.17) is 23.2 Å². The smallest absolute Gasteiger partial charge is 0.160 e. The molecule has 0 amide bonds. The van der Waals surface area contributed by atoms with Crippen molar-refractivity contribution in [1.82, 2.24) is 23.7 Å². The maximum atomic E-state index is 6.27. The second-order valence-electron chi connectivity index (χ2n) is 28.0. The third-order valence-electron chi connectivity index (χ3n) is 22.0. The molecular weight excluding hydrogens is 1300 g/mol. The third-order valence-corrected chi connectivity index (χ3v) is 22.0. The van der Waals surface area contributed by atoms with Gasteiger partial charge in [-0.1, -0.05) is 188 Å². The fraction of sp³-hybridized carbons (Fsp3) is 0. The molecule has 16 aromatic carbocycles. The lowest BCUT2D eigenvalue weighted by Crippen LogP contribution is -1.99. The molecule has 106 heavy (non-hydrogen) atoms. The summed E-state index contributed by atoms with van der Waals surface area (Å²) in [4.78, 5) is 11.3. The fourth-order valence-electron chi connectivity index (χ4n) is 17.1. The lowest BCUT2D eigenvalue weighted by molar-refractivity contribution is 0.668. The van der Waals surface area contributed by atoms with E-state index in [1.165, 1.54) is 32.3 Å². The zero-order valence-electron chi connectivity index (χ0n) is 56.9. The lowest BCUT2D eigenvalue weighted by Gasteiger charge is -2.15. The van der Waals surface area contributed by atoms with Gasteiger partial charge in [0.1, 0.15) is 33.5 Å². The van der Waals surface area contributed by atoms with Gasteiger partial charge in [-0.05, 0) is 202 Å². The van der Waals surface area contributed by atoms with E-state index >= 15 is 0 Å². The van der Waals surface area contributed by atoms with Gasteiger partial charge in [-0.15, -0.1) is 0 Å². The van der Waals surface area contributed by atoms with E-state index in [0.717, 1.165) is 188 Å². The highest BCUT2D eigenvalue weighted by Crippen LogP contribution is 2.44. The van der Waals surface area contributed by atoms with Crippen LogP contribution in [0, 0.1) is 0 Å². The molecule has 7 aromatic heterocycles. The Morgan fingerprint density at radius 3 is 0.896 bits per heavy atom. The molecule has 0 radical (unpaired) electrons. The number of furan rings is 3. The van der Waals surface area contributed by atoms with Gasteiger partial charge in [-0.2, -0.15) is 0 Å². The van der Waals surface area contributed by atoms with E-state index in [0.29, 0.717) is 5.82 Å². The average molecular weight is 1350 g/mol. The van der Waals surface area contributed by atoms with E-state index in [1.54, 1.807) is 0 Å². The molecule has 492 valence electrons. The highest BCUT2D eigenvalue weighted by Gasteiger charge is 2.22. The average Bonchev–Trinajstić information content (AvgIpc) is 1.40. The third kappa shape index (κ3) is 8.95. The summed E-state index contributed by atoms with van der Waals surface area (Å²) in [5, 5.41) is 14.7. The van der Waals surface area contributed by atoms with E-state index < -0.39 is 0 Å². The highest BCUT2D eigenvalue weighted by molar-refractivity contribution is 6.15. The number of aromatic nitrogens is 5. The predicted molar refractivity (Wildman–Crippen MR) is 437 cm³/mol. The molecule has 0 unspecified atom stereocenters. The van der Waals surface area contributed by atoms with Crippen LogP contribution < -0.4 is 0 Å². The summed E-state index contributed by atoms with van der Waals surface area (Å²) in [6, 6.07) is 125. The van der Waals surface area contributed by atoms with Crippen LogP contribution in [0.1, 0.15) is 0 Å². The van der Waals surface area contributed by atoms with E-state index in [1.807, 2.05) is 36.4 Å². The molecule has 0 saturated heterocycles. The molecule has 0 N–H and O–H groups in total. The van der Waals surface area contributed by atoms with Crippen molar-refractivity contribution in [2.24, 2.45) is 0 Å². The number of hydrogen-bond donors (Lipinski definition) is 0. The van der Waals surface area contributed by atoms with Crippen LogP contribution in [0.2, 0.25) is 0 Å². The number of fused-ring (bicyclic) bond motifs is 19. The zero-order valence-corrected chi connectivity index (χ0v) is 56.9. The first-order chi connectivity index (χ1) is 52.5. The Morgan fingerprint density at radius 1 is 0.179 bits per heavy atom. The monoisotopic (exact) mass is 1350 g/mol. The first-order valence-electron chi connectivity index (χ1n) is 36.0. The minimum absolute atomic E-state index is 0.630. The molecule has 23 rings (SSSR count). The van der Waals surface area contributed by atoms with Crippen molar-refractivity contribution < 1.29 is 13.3 Å². The van der Waals surface area contributed by atoms with Crippen LogP contribution in [-0.2, 0) is 0 Å². The van der Waals surface area contributed by atoms with Crippen molar-refractivity contribution in [2.45, 2.75) is 0 Å². The molecule has 8 heteroatoms. The molecule has 0 aliphatic carbocycles. The number of para-hydroxylation sites is 6. The minimum atomic E-state index is 0.630. The number of benzene rings is 16. The van der Waals surface area contributed by atoms with Gasteiger partial charge in [0.05, 0.1) is 44.3 Å². The molecule has 0 fully saturated rings. The quantitative estimate of drug-likeness (QED) is 0.144. The molecule has 0 aliphatic rings. The summed E-state index contributed by atoms with van der Waals surface area (Å²) in [7, 11) is 0. The molecule has 23 aromatic rings. The van der Waals surface area contributed by atoms with E-state index in [2.05, 4.69) is 323 Å². The lowest BCUT2D eigenvalue weighted by atomic mass is 9.99. The van der Waals surface area contributed by atoms with E-state index in [-0.39, 0.29) is 0 Å². The second-order valence-corrected chi connectivity index (χ2v) is 28.0. The van der Waals surface area contributed by atoms with Gasteiger partial charge in [0.2, 0.25) is 0 Å². The summed E-state index contributed by atoms with van der Waals surface area (Å²) in [6.45, 7) is 0. The molecule has 0 saturated carbocycles. The minimum Gasteiger partial charge on any atom is -0.456 e. The Kier molecular flexibility index (Phi) is 12.4. The SMILES string of the molecule is c1cc(-c2ccc3nc(-c4cccc(-n5c6ccccc6c6cc(-c7ccc8oc9ccccc9c8c7)ccc65)c4)nc(-c4cccc(-n5c6ccccc6c6cc(-c7ccc8oc9ccccc9c8c7)ccc65)c4)c3c2)cc(-n2c3ccccc3c3cc(-c4ccc5oc6ccccc6c5c4)ccc32)c1. The summed E-state index contributed by atoms with van der Waals surface area (Å²) in [5.41, 5.74) is 27.7. The van der Waals surface area contributed by atoms with Crippen molar-refractivity contribution in [3.8, 4) is 84.2 Å². The van der Waals surface area contributed by atoms with Crippen LogP contribution in [0.5, 0.6) is 0 Å².